The number of hydrogen-bond acceptors (Lipinski definition) is 8. The van der Waals surface area contributed by atoms with Gasteiger partial charge in [-0.15, -0.1) is 0 Å². The highest BCUT2D eigenvalue weighted by Crippen LogP contribution is 2.46. The molecule has 2 amide bonds. The number of nitrogens with one attached hydrogen (secondary N) is 1. The number of halogens is 1. The zero-order valence-corrected chi connectivity index (χ0v) is 25.6. The van der Waals surface area contributed by atoms with E-state index < -0.39 is 5.82 Å². The van der Waals surface area contributed by atoms with Crippen LogP contribution in [0, 0.1) is 12.7 Å². The molecular formula is C33H40FN5O5. The number of hydrogen-bond donors (Lipinski definition) is 1. The summed E-state index contributed by atoms with van der Waals surface area (Å²) in [5.74, 6) is 0.278. The SMILES string of the molecule is C=CCOc1cccc(F)c1-c1nc(N2CC(NC3COC3)CC2(C)C)c2c(c1C)OC[C@H]1CN(C(=O)C=C)CCN1C2=O. The number of benzene rings is 1. The van der Waals surface area contributed by atoms with Crippen molar-refractivity contribution in [3.05, 3.63) is 60.5 Å². The molecule has 1 unspecified atom stereocenters. The Kier molecular flexibility index (Phi) is 8.10. The van der Waals surface area contributed by atoms with Gasteiger partial charge >= 0.3 is 0 Å². The first-order valence-corrected chi connectivity index (χ1v) is 15.2. The minimum Gasteiger partial charge on any atom is -0.490 e. The first-order chi connectivity index (χ1) is 21.1. The largest absolute Gasteiger partial charge is 0.490 e. The summed E-state index contributed by atoms with van der Waals surface area (Å²) in [6.07, 6.45) is 3.71. The highest BCUT2D eigenvalue weighted by atomic mass is 19.1. The standard InChI is InChI=1S/C33H40FN5O5/c1-6-13-43-25-10-8-9-24(34)27(25)29-20(3)30-28(32(41)38-12-11-37(26(40)7-2)16-23(38)19-44-30)31(36-29)39-15-21(14-33(39,4)5)35-22-17-42-18-22/h6-10,21-23,35H,1-2,11-19H2,3-5H3/t21?,23-/m1/s1. The maximum absolute atomic E-state index is 15.7. The third-order valence-corrected chi connectivity index (χ3v) is 9.04. The lowest BCUT2D eigenvalue weighted by molar-refractivity contribution is -0.128. The fraction of sp³-hybridized carbons (Fsp3) is 0.485. The van der Waals surface area contributed by atoms with Gasteiger partial charge in [-0.25, -0.2) is 9.37 Å². The van der Waals surface area contributed by atoms with Crippen LogP contribution < -0.4 is 19.7 Å². The van der Waals surface area contributed by atoms with Crippen LogP contribution in [-0.4, -0.2) is 103 Å². The molecule has 5 heterocycles. The maximum atomic E-state index is 15.7. The van der Waals surface area contributed by atoms with Gasteiger partial charge in [0, 0.05) is 43.3 Å². The number of aromatic nitrogens is 1. The van der Waals surface area contributed by atoms with E-state index >= 15 is 4.39 Å². The molecule has 1 aromatic carbocycles. The Morgan fingerprint density at radius 2 is 1.98 bits per heavy atom. The van der Waals surface area contributed by atoms with Gasteiger partial charge in [-0.3, -0.25) is 9.59 Å². The maximum Gasteiger partial charge on any atom is 0.261 e. The molecule has 10 nitrogen and oxygen atoms in total. The third-order valence-electron chi connectivity index (χ3n) is 9.04. The van der Waals surface area contributed by atoms with E-state index in [1.54, 1.807) is 34.9 Å². The van der Waals surface area contributed by atoms with Crippen LogP contribution in [0.3, 0.4) is 0 Å². The number of amides is 2. The molecule has 3 fully saturated rings. The second kappa shape index (κ2) is 11.9. The van der Waals surface area contributed by atoms with Crippen LogP contribution in [-0.2, 0) is 9.53 Å². The lowest BCUT2D eigenvalue weighted by Crippen LogP contribution is -2.57. The molecule has 0 aliphatic carbocycles. The Bertz CT molecular complexity index is 1490. The first-order valence-electron chi connectivity index (χ1n) is 15.2. The normalized spacial score (nSPS) is 22.8. The molecule has 6 rings (SSSR count). The van der Waals surface area contributed by atoms with Crippen LogP contribution in [0.25, 0.3) is 11.3 Å². The quantitative estimate of drug-likeness (QED) is 0.362. The van der Waals surface area contributed by atoms with Crippen LogP contribution in [0.5, 0.6) is 11.5 Å². The Morgan fingerprint density at radius 3 is 2.68 bits per heavy atom. The van der Waals surface area contributed by atoms with Crippen LogP contribution in [0.15, 0.2) is 43.5 Å². The van der Waals surface area contributed by atoms with Crippen LogP contribution in [0.4, 0.5) is 10.2 Å². The first kappa shape index (κ1) is 30.1. The Labute approximate surface area is 257 Å². The van der Waals surface area contributed by atoms with E-state index in [0.29, 0.717) is 73.5 Å². The van der Waals surface area contributed by atoms with Crippen molar-refractivity contribution in [1.82, 2.24) is 20.1 Å². The Hall–Kier alpha value is -3.96. The highest BCUT2D eigenvalue weighted by Gasteiger charge is 2.46. The summed E-state index contributed by atoms with van der Waals surface area (Å²) in [7, 11) is 0. The minimum atomic E-state index is -0.491. The molecular weight excluding hydrogens is 565 g/mol. The highest BCUT2D eigenvalue weighted by molar-refractivity contribution is 6.04. The summed E-state index contributed by atoms with van der Waals surface area (Å²) in [5, 5.41) is 3.68. The van der Waals surface area contributed by atoms with Crippen molar-refractivity contribution in [2.24, 2.45) is 0 Å². The van der Waals surface area contributed by atoms with E-state index in [9.17, 15) is 9.59 Å². The lowest BCUT2D eigenvalue weighted by atomic mass is 9.97. The van der Waals surface area contributed by atoms with Gasteiger partial charge in [0.25, 0.3) is 5.91 Å². The van der Waals surface area contributed by atoms with Gasteiger partial charge < -0.3 is 34.2 Å². The number of pyridine rings is 1. The van der Waals surface area contributed by atoms with E-state index in [4.69, 9.17) is 19.2 Å². The van der Waals surface area contributed by atoms with E-state index in [0.717, 1.165) is 6.42 Å². The van der Waals surface area contributed by atoms with E-state index in [2.05, 4.69) is 37.2 Å². The summed E-state index contributed by atoms with van der Waals surface area (Å²) in [6, 6.07) is 4.74. The average molecular weight is 606 g/mol. The molecule has 234 valence electrons. The van der Waals surface area contributed by atoms with Gasteiger partial charge in [0.2, 0.25) is 5.91 Å². The molecule has 11 heteroatoms. The summed E-state index contributed by atoms with van der Waals surface area (Å²) >= 11 is 0. The molecule has 44 heavy (non-hydrogen) atoms. The van der Waals surface area contributed by atoms with Gasteiger partial charge in [0.05, 0.1) is 36.6 Å². The van der Waals surface area contributed by atoms with Gasteiger partial charge in [0.1, 0.15) is 41.9 Å². The number of ether oxygens (including phenoxy) is 3. The zero-order valence-electron chi connectivity index (χ0n) is 25.6. The van der Waals surface area contributed by atoms with Crippen LogP contribution in [0.1, 0.15) is 36.2 Å². The Morgan fingerprint density at radius 1 is 1.18 bits per heavy atom. The fourth-order valence-corrected chi connectivity index (χ4v) is 6.77. The van der Waals surface area contributed by atoms with Crippen molar-refractivity contribution >= 4 is 17.6 Å². The van der Waals surface area contributed by atoms with Crippen molar-refractivity contribution < 1.29 is 28.2 Å². The van der Waals surface area contributed by atoms with Crippen molar-refractivity contribution in [3.8, 4) is 22.8 Å². The molecule has 0 saturated carbocycles. The number of rotatable bonds is 8. The van der Waals surface area contributed by atoms with Crippen molar-refractivity contribution in [2.45, 2.75) is 50.9 Å². The lowest BCUT2D eigenvalue weighted by Gasteiger charge is -2.40. The van der Waals surface area contributed by atoms with E-state index in [-0.39, 0.29) is 54.3 Å². The zero-order chi connectivity index (χ0) is 31.2. The molecule has 0 spiro atoms. The summed E-state index contributed by atoms with van der Waals surface area (Å²) in [6.45, 7) is 16.8. The predicted molar refractivity (Wildman–Crippen MR) is 165 cm³/mol. The molecule has 3 saturated heterocycles. The minimum absolute atomic E-state index is 0.143. The fourth-order valence-electron chi connectivity index (χ4n) is 6.77. The van der Waals surface area contributed by atoms with E-state index in [1.165, 1.54) is 12.1 Å². The molecule has 4 aliphatic rings. The monoisotopic (exact) mass is 605 g/mol. The van der Waals surface area contributed by atoms with Gasteiger partial charge in [0.15, 0.2) is 0 Å². The van der Waals surface area contributed by atoms with Gasteiger partial charge in [-0.05, 0) is 45.4 Å². The van der Waals surface area contributed by atoms with Crippen molar-refractivity contribution in [3.63, 3.8) is 0 Å². The number of carbonyl (C=O) groups excluding carboxylic acids is 2. The molecule has 2 atom stereocenters. The number of carbonyl (C=O) groups is 2. The molecule has 0 bridgehead atoms. The molecule has 1 N–H and O–H groups in total. The van der Waals surface area contributed by atoms with Crippen LogP contribution >= 0.6 is 0 Å². The molecule has 4 aliphatic heterocycles. The number of piperazine rings is 1. The number of nitrogens with zero attached hydrogens (tertiary/aromatic N) is 4. The van der Waals surface area contributed by atoms with Gasteiger partial charge in [-0.1, -0.05) is 25.3 Å². The second-order valence-corrected chi connectivity index (χ2v) is 12.5. The number of fused-ring (bicyclic) bond motifs is 2. The number of anilines is 1. The second-order valence-electron chi connectivity index (χ2n) is 12.5. The summed E-state index contributed by atoms with van der Waals surface area (Å²) in [4.78, 5) is 37.7. The smallest absolute Gasteiger partial charge is 0.261 e. The van der Waals surface area contributed by atoms with Crippen LogP contribution in [0.2, 0.25) is 0 Å². The molecule has 1 aromatic heterocycles. The Balaban J connectivity index is 1.49. The topological polar surface area (TPSA) is 96.5 Å². The third kappa shape index (κ3) is 5.32. The molecule has 0 radical (unpaired) electrons. The van der Waals surface area contributed by atoms with Gasteiger partial charge in [-0.2, -0.15) is 0 Å². The van der Waals surface area contributed by atoms with Crippen molar-refractivity contribution in [1.29, 1.82) is 0 Å². The predicted octanol–water partition coefficient (Wildman–Crippen LogP) is 3.34. The molecule has 2 aromatic rings. The van der Waals surface area contributed by atoms with E-state index in [1.807, 2.05) is 0 Å². The summed E-state index contributed by atoms with van der Waals surface area (Å²) in [5.41, 5.74) is 1.08. The van der Waals surface area contributed by atoms with Crippen molar-refractivity contribution in [2.75, 3.05) is 57.5 Å². The summed E-state index contributed by atoms with van der Waals surface area (Å²) < 4.78 is 33.4. The average Bonchev–Trinajstić information content (AvgIpc) is 3.21.